The van der Waals surface area contributed by atoms with E-state index >= 15 is 0 Å². The molecule has 2 heterocycles. The maximum atomic E-state index is 12.2. The van der Waals surface area contributed by atoms with Crippen molar-refractivity contribution in [2.45, 2.75) is 36.5 Å². The van der Waals surface area contributed by atoms with E-state index < -0.39 is 0 Å². The molecule has 0 unspecified atom stereocenters. The van der Waals surface area contributed by atoms with Gasteiger partial charge in [-0.3, -0.25) is 4.90 Å². The minimum absolute atomic E-state index is 0.0175. The summed E-state index contributed by atoms with van der Waals surface area (Å²) in [5, 5.41) is 0. The van der Waals surface area contributed by atoms with Crippen molar-refractivity contribution in [3.05, 3.63) is 35.9 Å². The zero-order valence-corrected chi connectivity index (χ0v) is 12.2. The normalized spacial score (nSPS) is 34.0. The quantitative estimate of drug-likeness (QED) is 0.784. The van der Waals surface area contributed by atoms with Gasteiger partial charge in [-0.15, -0.1) is 0 Å². The maximum absolute atomic E-state index is 12.2. The van der Waals surface area contributed by atoms with Gasteiger partial charge in [-0.2, -0.15) is 0 Å². The maximum Gasteiger partial charge on any atom is 0.412 e. The average molecular weight is 326 g/mol. The van der Waals surface area contributed by atoms with Gasteiger partial charge < -0.3 is 9.47 Å². The summed E-state index contributed by atoms with van der Waals surface area (Å²) in [7, 11) is 0. The SMILES string of the molecule is CC[C@@H]1OC(=O)N2[C@H](OC[C@H]2c2ccccc2)[C@H]1Br. The van der Waals surface area contributed by atoms with Gasteiger partial charge in [-0.05, 0) is 12.0 Å². The summed E-state index contributed by atoms with van der Waals surface area (Å²) in [6.07, 6.45) is 0.143. The first kappa shape index (κ1) is 12.9. The molecule has 0 bridgehead atoms. The van der Waals surface area contributed by atoms with Crippen molar-refractivity contribution in [1.82, 2.24) is 4.90 Å². The Morgan fingerprint density at radius 3 is 2.79 bits per heavy atom. The number of carbonyl (C=O) groups is 1. The van der Waals surface area contributed by atoms with Crippen molar-refractivity contribution in [2.75, 3.05) is 6.61 Å². The first-order chi connectivity index (χ1) is 9.22. The predicted molar refractivity (Wildman–Crippen MR) is 74.0 cm³/mol. The molecule has 1 amide bonds. The standard InChI is InChI=1S/C14H16BrNO3/c1-2-11-12(15)13-16(14(17)19-11)10(8-18-13)9-6-4-3-5-7-9/h3-7,10-13H,2,8H2,1H3/t10-,11-,12-,13+/m0/s1. The molecule has 0 N–H and O–H groups in total. The van der Waals surface area contributed by atoms with E-state index in [2.05, 4.69) is 15.9 Å². The molecular formula is C14H16BrNO3. The number of ether oxygens (including phenoxy) is 2. The minimum atomic E-state index is -0.279. The largest absolute Gasteiger partial charge is 0.445 e. The fourth-order valence-electron chi connectivity index (χ4n) is 2.68. The zero-order chi connectivity index (χ0) is 13.4. The number of carbonyl (C=O) groups excluding carboxylic acids is 1. The first-order valence-electron chi connectivity index (χ1n) is 6.52. The second kappa shape index (κ2) is 5.13. The van der Waals surface area contributed by atoms with Crippen LogP contribution < -0.4 is 0 Å². The number of cyclic esters (lactones) is 1. The third kappa shape index (κ3) is 2.15. The van der Waals surface area contributed by atoms with E-state index in [9.17, 15) is 4.79 Å². The van der Waals surface area contributed by atoms with Crippen LogP contribution in [0.4, 0.5) is 4.79 Å². The van der Waals surface area contributed by atoms with Crippen molar-refractivity contribution in [1.29, 1.82) is 0 Å². The number of rotatable bonds is 2. The molecule has 2 aliphatic rings. The van der Waals surface area contributed by atoms with E-state index in [0.29, 0.717) is 6.61 Å². The van der Waals surface area contributed by atoms with Gasteiger partial charge in [0.25, 0.3) is 0 Å². The Bertz CT molecular complexity index is 467. The van der Waals surface area contributed by atoms with E-state index in [1.165, 1.54) is 0 Å². The van der Waals surface area contributed by atoms with Gasteiger partial charge in [0.15, 0.2) is 6.23 Å². The number of amides is 1. The third-order valence-electron chi connectivity index (χ3n) is 3.71. The average Bonchev–Trinajstić information content (AvgIpc) is 2.89. The molecule has 2 aliphatic heterocycles. The molecule has 5 heteroatoms. The molecule has 0 aliphatic carbocycles. The van der Waals surface area contributed by atoms with Crippen LogP contribution in [0.25, 0.3) is 0 Å². The molecule has 0 radical (unpaired) electrons. The van der Waals surface area contributed by atoms with Crippen LogP contribution in [0.5, 0.6) is 0 Å². The van der Waals surface area contributed by atoms with E-state index in [4.69, 9.17) is 9.47 Å². The van der Waals surface area contributed by atoms with Gasteiger partial charge in [-0.1, -0.05) is 53.2 Å². The van der Waals surface area contributed by atoms with E-state index in [0.717, 1.165) is 12.0 Å². The third-order valence-corrected chi connectivity index (χ3v) is 4.75. The fourth-order valence-corrected chi connectivity index (χ4v) is 3.57. The molecule has 0 aromatic heterocycles. The lowest BCUT2D eigenvalue weighted by Crippen LogP contribution is -2.53. The smallest absolute Gasteiger partial charge is 0.412 e. The highest BCUT2D eigenvalue weighted by Crippen LogP contribution is 2.39. The molecule has 0 spiro atoms. The Morgan fingerprint density at radius 2 is 2.11 bits per heavy atom. The fraction of sp³-hybridized carbons (Fsp3) is 0.500. The van der Waals surface area contributed by atoms with Crippen LogP contribution in [-0.4, -0.2) is 34.8 Å². The van der Waals surface area contributed by atoms with Gasteiger partial charge in [0.2, 0.25) is 0 Å². The molecular weight excluding hydrogens is 310 g/mol. The Balaban J connectivity index is 1.87. The minimum Gasteiger partial charge on any atom is -0.445 e. The van der Waals surface area contributed by atoms with Crippen LogP contribution >= 0.6 is 15.9 Å². The summed E-state index contributed by atoms with van der Waals surface area (Å²) in [6, 6.07) is 9.87. The van der Waals surface area contributed by atoms with Crippen molar-refractivity contribution in [3.8, 4) is 0 Å². The number of hydrogen-bond donors (Lipinski definition) is 0. The molecule has 2 fully saturated rings. The van der Waals surface area contributed by atoms with E-state index in [-0.39, 0.29) is 29.3 Å². The van der Waals surface area contributed by atoms with Gasteiger partial charge in [0.05, 0.1) is 17.5 Å². The lowest BCUT2D eigenvalue weighted by Gasteiger charge is -2.39. The molecule has 2 saturated heterocycles. The number of halogens is 1. The van der Waals surface area contributed by atoms with Crippen molar-refractivity contribution < 1.29 is 14.3 Å². The monoisotopic (exact) mass is 325 g/mol. The molecule has 4 atom stereocenters. The van der Waals surface area contributed by atoms with E-state index in [1.807, 2.05) is 37.3 Å². The van der Waals surface area contributed by atoms with Crippen LogP contribution in [0, 0.1) is 0 Å². The zero-order valence-electron chi connectivity index (χ0n) is 10.7. The summed E-state index contributed by atoms with van der Waals surface area (Å²) in [5.74, 6) is 0. The highest BCUT2D eigenvalue weighted by atomic mass is 79.9. The van der Waals surface area contributed by atoms with Crippen molar-refractivity contribution in [2.24, 2.45) is 0 Å². The number of fused-ring (bicyclic) bond motifs is 1. The molecule has 1 aromatic rings. The number of benzene rings is 1. The van der Waals surface area contributed by atoms with Crippen LogP contribution in [0.3, 0.4) is 0 Å². The molecule has 1 aromatic carbocycles. The van der Waals surface area contributed by atoms with Gasteiger partial charge in [0, 0.05) is 0 Å². The molecule has 0 saturated carbocycles. The lowest BCUT2D eigenvalue weighted by molar-refractivity contribution is -0.0526. The highest BCUT2D eigenvalue weighted by molar-refractivity contribution is 9.09. The van der Waals surface area contributed by atoms with Crippen LogP contribution in [-0.2, 0) is 9.47 Å². The second-order valence-electron chi connectivity index (χ2n) is 4.83. The molecule has 19 heavy (non-hydrogen) atoms. The number of nitrogens with zero attached hydrogens (tertiary/aromatic N) is 1. The Hall–Kier alpha value is -1.07. The van der Waals surface area contributed by atoms with Gasteiger partial charge in [0.1, 0.15) is 6.10 Å². The summed E-state index contributed by atoms with van der Waals surface area (Å²) in [5.41, 5.74) is 1.08. The summed E-state index contributed by atoms with van der Waals surface area (Å²) < 4.78 is 11.3. The molecule has 102 valence electrons. The van der Waals surface area contributed by atoms with Crippen LogP contribution in [0.15, 0.2) is 30.3 Å². The van der Waals surface area contributed by atoms with Crippen LogP contribution in [0.2, 0.25) is 0 Å². The Morgan fingerprint density at radius 1 is 1.37 bits per heavy atom. The molecule has 3 rings (SSSR count). The highest BCUT2D eigenvalue weighted by Gasteiger charge is 2.49. The van der Waals surface area contributed by atoms with E-state index in [1.54, 1.807) is 4.90 Å². The Labute approximate surface area is 120 Å². The van der Waals surface area contributed by atoms with Gasteiger partial charge >= 0.3 is 6.09 Å². The number of hydrogen-bond acceptors (Lipinski definition) is 3. The van der Waals surface area contributed by atoms with Crippen molar-refractivity contribution >= 4 is 22.0 Å². The van der Waals surface area contributed by atoms with Crippen molar-refractivity contribution in [3.63, 3.8) is 0 Å². The topological polar surface area (TPSA) is 38.8 Å². The summed E-state index contributed by atoms with van der Waals surface area (Å²) in [4.78, 5) is 13.9. The number of alkyl halides is 1. The predicted octanol–water partition coefficient (Wildman–Crippen LogP) is 3.08. The second-order valence-corrected chi connectivity index (χ2v) is 5.89. The summed E-state index contributed by atoms with van der Waals surface area (Å²) >= 11 is 3.61. The van der Waals surface area contributed by atoms with Crippen LogP contribution in [0.1, 0.15) is 24.9 Å². The molecule has 4 nitrogen and oxygen atoms in total. The lowest BCUT2D eigenvalue weighted by atomic mass is 10.1. The summed E-state index contributed by atoms with van der Waals surface area (Å²) in [6.45, 7) is 2.52. The first-order valence-corrected chi connectivity index (χ1v) is 7.43. The Kier molecular flexibility index (Phi) is 3.50. The van der Waals surface area contributed by atoms with Gasteiger partial charge in [-0.25, -0.2) is 4.79 Å².